The summed E-state index contributed by atoms with van der Waals surface area (Å²) in [5, 5.41) is 0. The van der Waals surface area contributed by atoms with Crippen LogP contribution in [0, 0.1) is 13.8 Å². The van der Waals surface area contributed by atoms with E-state index in [1.165, 1.54) is 24.8 Å². The highest BCUT2D eigenvalue weighted by atomic mass is 14.4. The van der Waals surface area contributed by atoms with E-state index in [1.807, 2.05) is 0 Å². The molecular formula is C13H16. The minimum Gasteiger partial charge on any atom is -0.0588 e. The van der Waals surface area contributed by atoms with Crippen molar-refractivity contribution in [3.8, 4) is 0 Å². The second-order valence-electron chi connectivity index (χ2n) is 4.72. The van der Waals surface area contributed by atoms with Gasteiger partial charge in [0.15, 0.2) is 0 Å². The molecule has 0 amide bonds. The number of rotatable bonds is 0. The topological polar surface area (TPSA) is 0 Å². The van der Waals surface area contributed by atoms with Gasteiger partial charge in [0.05, 0.1) is 0 Å². The summed E-state index contributed by atoms with van der Waals surface area (Å²) in [6.07, 6.45) is 4.34. The van der Waals surface area contributed by atoms with E-state index in [0.29, 0.717) is 0 Å². The van der Waals surface area contributed by atoms with Crippen LogP contribution in [0.15, 0.2) is 12.1 Å². The summed E-state index contributed by atoms with van der Waals surface area (Å²) in [6, 6.07) is 4.68. The normalized spacial score (nSPS) is 29.4. The molecule has 1 aromatic carbocycles. The number of aryl methyl sites for hydroxylation is 1. The second kappa shape index (κ2) is 2.37. The molecule has 2 bridgehead atoms. The van der Waals surface area contributed by atoms with Gasteiger partial charge in [-0.2, -0.15) is 0 Å². The van der Waals surface area contributed by atoms with Crippen molar-refractivity contribution in [3.63, 3.8) is 0 Å². The van der Waals surface area contributed by atoms with Crippen LogP contribution in [0.25, 0.3) is 0 Å². The fourth-order valence-corrected chi connectivity index (χ4v) is 3.28. The van der Waals surface area contributed by atoms with Crippen LogP contribution in [0.2, 0.25) is 0 Å². The predicted octanol–water partition coefficient (Wildman–Crippen LogP) is 3.67. The first-order valence-electron chi connectivity index (χ1n) is 5.37. The molecule has 0 heterocycles. The second-order valence-corrected chi connectivity index (χ2v) is 4.72. The van der Waals surface area contributed by atoms with Crippen LogP contribution in [0.3, 0.4) is 0 Å². The molecular weight excluding hydrogens is 156 g/mol. The molecule has 2 aliphatic rings. The van der Waals surface area contributed by atoms with Crippen molar-refractivity contribution in [1.29, 1.82) is 0 Å². The van der Waals surface area contributed by atoms with E-state index in [9.17, 15) is 0 Å². The number of hydrogen-bond donors (Lipinski definition) is 0. The summed E-state index contributed by atoms with van der Waals surface area (Å²) in [6.45, 7) is 4.54. The molecule has 0 unspecified atom stereocenters. The van der Waals surface area contributed by atoms with Crippen molar-refractivity contribution in [2.24, 2.45) is 0 Å². The first-order valence-corrected chi connectivity index (χ1v) is 5.37. The Bertz CT molecular complexity index is 363. The molecule has 0 radical (unpaired) electrons. The predicted molar refractivity (Wildman–Crippen MR) is 55.2 cm³/mol. The summed E-state index contributed by atoms with van der Waals surface area (Å²) >= 11 is 0. The van der Waals surface area contributed by atoms with Gasteiger partial charge in [0.1, 0.15) is 0 Å². The van der Waals surface area contributed by atoms with Gasteiger partial charge in [-0.1, -0.05) is 12.1 Å². The van der Waals surface area contributed by atoms with Gasteiger partial charge in [-0.05, 0) is 67.2 Å². The average Bonchev–Trinajstić information content (AvgIpc) is 2.70. The summed E-state index contributed by atoms with van der Waals surface area (Å²) < 4.78 is 0. The molecule has 0 saturated heterocycles. The van der Waals surface area contributed by atoms with Crippen molar-refractivity contribution in [3.05, 3.63) is 34.4 Å². The fourth-order valence-electron chi connectivity index (χ4n) is 3.28. The minimum atomic E-state index is 0.916. The van der Waals surface area contributed by atoms with Crippen molar-refractivity contribution >= 4 is 0 Å². The molecule has 13 heavy (non-hydrogen) atoms. The molecule has 1 aromatic rings. The van der Waals surface area contributed by atoms with E-state index >= 15 is 0 Å². The Balaban J connectivity index is 2.26. The Morgan fingerprint density at radius 2 is 1.85 bits per heavy atom. The molecule has 1 saturated carbocycles. The van der Waals surface area contributed by atoms with Gasteiger partial charge in [-0.3, -0.25) is 0 Å². The van der Waals surface area contributed by atoms with Crippen molar-refractivity contribution < 1.29 is 0 Å². The average molecular weight is 172 g/mol. The van der Waals surface area contributed by atoms with E-state index in [4.69, 9.17) is 0 Å². The molecule has 3 rings (SSSR count). The Kier molecular flexibility index (Phi) is 1.39. The van der Waals surface area contributed by atoms with Crippen LogP contribution in [0.5, 0.6) is 0 Å². The largest absolute Gasteiger partial charge is 0.0588 e. The van der Waals surface area contributed by atoms with E-state index in [2.05, 4.69) is 26.0 Å². The van der Waals surface area contributed by atoms with E-state index < -0.39 is 0 Å². The van der Waals surface area contributed by atoms with Crippen LogP contribution in [0.4, 0.5) is 0 Å². The van der Waals surface area contributed by atoms with Gasteiger partial charge < -0.3 is 0 Å². The number of benzene rings is 1. The van der Waals surface area contributed by atoms with E-state index in [1.54, 1.807) is 16.7 Å². The molecule has 1 fully saturated rings. The van der Waals surface area contributed by atoms with Crippen molar-refractivity contribution in [1.82, 2.24) is 0 Å². The summed E-state index contributed by atoms with van der Waals surface area (Å²) in [5.41, 5.74) is 6.45. The molecule has 2 aliphatic carbocycles. The van der Waals surface area contributed by atoms with Crippen LogP contribution in [0.1, 0.15) is 53.4 Å². The SMILES string of the molecule is Cc1ccc2c(c1C)[C@@H]1CC[C@H]2C1. The zero-order chi connectivity index (χ0) is 9.00. The zero-order valence-electron chi connectivity index (χ0n) is 8.43. The molecule has 0 N–H and O–H groups in total. The van der Waals surface area contributed by atoms with Gasteiger partial charge in [-0.25, -0.2) is 0 Å². The summed E-state index contributed by atoms with van der Waals surface area (Å²) in [5.74, 6) is 1.83. The first kappa shape index (κ1) is 7.61. The first-order chi connectivity index (χ1) is 6.27. The maximum Gasteiger partial charge on any atom is -0.0150 e. The van der Waals surface area contributed by atoms with Gasteiger partial charge in [0, 0.05) is 0 Å². The lowest BCUT2D eigenvalue weighted by molar-refractivity contribution is 0.712. The molecule has 0 nitrogen and oxygen atoms in total. The van der Waals surface area contributed by atoms with Gasteiger partial charge >= 0.3 is 0 Å². The van der Waals surface area contributed by atoms with E-state index in [0.717, 1.165) is 11.8 Å². The molecule has 0 aromatic heterocycles. The Labute approximate surface area is 80.0 Å². The van der Waals surface area contributed by atoms with E-state index in [-0.39, 0.29) is 0 Å². The molecule has 0 spiro atoms. The zero-order valence-corrected chi connectivity index (χ0v) is 8.43. The third-order valence-electron chi connectivity index (χ3n) is 4.10. The standard InChI is InChI=1S/C13H16/c1-8-3-6-12-10-4-5-11(7-10)13(12)9(8)2/h3,6,10-11H,4-5,7H2,1-2H3/t10-,11+/m0/s1. The number of fused-ring (bicyclic) bond motifs is 5. The van der Waals surface area contributed by atoms with Gasteiger partial charge in [0.25, 0.3) is 0 Å². The quantitative estimate of drug-likeness (QED) is 0.560. The maximum absolute atomic E-state index is 2.38. The Hall–Kier alpha value is -0.780. The minimum absolute atomic E-state index is 0.916. The van der Waals surface area contributed by atoms with Gasteiger partial charge in [0.2, 0.25) is 0 Å². The van der Waals surface area contributed by atoms with Crippen LogP contribution in [-0.2, 0) is 0 Å². The van der Waals surface area contributed by atoms with Crippen LogP contribution < -0.4 is 0 Å². The maximum atomic E-state index is 2.38. The van der Waals surface area contributed by atoms with Crippen molar-refractivity contribution in [2.45, 2.75) is 44.9 Å². The summed E-state index contributed by atoms with van der Waals surface area (Å²) in [4.78, 5) is 0. The highest BCUT2D eigenvalue weighted by Crippen LogP contribution is 2.54. The molecule has 0 aliphatic heterocycles. The highest BCUT2D eigenvalue weighted by molar-refractivity contribution is 5.48. The van der Waals surface area contributed by atoms with Crippen LogP contribution >= 0.6 is 0 Å². The Morgan fingerprint density at radius 3 is 2.69 bits per heavy atom. The third-order valence-corrected chi connectivity index (χ3v) is 4.10. The monoisotopic (exact) mass is 172 g/mol. The highest BCUT2D eigenvalue weighted by Gasteiger charge is 2.37. The Morgan fingerprint density at radius 1 is 1.08 bits per heavy atom. The lowest BCUT2D eigenvalue weighted by atomic mass is 9.87. The fraction of sp³-hybridized carbons (Fsp3) is 0.538. The molecule has 0 heteroatoms. The summed E-state index contributed by atoms with van der Waals surface area (Å²) in [7, 11) is 0. The van der Waals surface area contributed by atoms with Crippen molar-refractivity contribution in [2.75, 3.05) is 0 Å². The molecule has 68 valence electrons. The van der Waals surface area contributed by atoms with Gasteiger partial charge in [-0.15, -0.1) is 0 Å². The third kappa shape index (κ3) is 0.864. The smallest absolute Gasteiger partial charge is 0.0150 e. The lowest BCUT2D eigenvalue weighted by Gasteiger charge is -2.18. The lowest BCUT2D eigenvalue weighted by Crippen LogP contribution is -2.01. The van der Waals surface area contributed by atoms with Crippen LogP contribution in [-0.4, -0.2) is 0 Å². The number of hydrogen-bond acceptors (Lipinski definition) is 0. The molecule has 2 atom stereocenters.